The Labute approximate surface area is 81.9 Å². The molecule has 2 aliphatic heterocycles. The van der Waals surface area contributed by atoms with E-state index in [2.05, 4.69) is 0 Å². The highest BCUT2D eigenvalue weighted by Crippen LogP contribution is 2.30. The van der Waals surface area contributed by atoms with Crippen LogP contribution in [0.4, 0.5) is 0 Å². The van der Waals surface area contributed by atoms with Crippen molar-refractivity contribution in [3.05, 3.63) is 0 Å². The molecule has 0 aromatic rings. The van der Waals surface area contributed by atoms with Gasteiger partial charge >= 0.3 is 5.97 Å². The van der Waals surface area contributed by atoms with Crippen LogP contribution in [-0.4, -0.2) is 41.8 Å². The summed E-state index contributed by atoms with van der Waals surface area (Å²) < 4.78 is 15.7. The van der Waals surface area contributed by atoms with E-state index < -0.39 is 5.79 Å². The number of ether oxygens (including phenoxy) is 3. The highest BCUT2D eigenvalue weighted by Gasteiger charge is 2.48. The van der Waals surface area contributed by atoms with Gasteiger partial charge in [-0.3, -0.25) is 4.79 Å². The molecule has 2 rings (SSSR count). The summed E-state index contributed by atoms with van der Waals surface area (Å²) in [4.78, 5) is 10.9. The zero-order valence-corrected chi connectivity index (χ0v) is 8.23. The van der Waals surface area contributed by atoms with E-state index in [0.717, 1.165) is 0 Å². The van der Waals surface area contributed by atoms with Crippen LogP contribution in [0.3, 0.4) is 0 Å². The second kappa shape index (κ2) is 3.18. The molecule has 2 heterocycles. The summed E-state index contributed by atoms with van der Waals surface area (Å²) in [5.41, 5.74) is 0. The number of fused-ring (bicyclic) bond motifs is 1. The van der Waals surface area contributed by atoms with Crippen LogP contribution in [0.25, 0.3) is 0 Å². The minimum atomic E-state index is -1.22. The maximum atomic E-state index is 10.9. The third-order valence-electron chi connectivity index (χ3n) is 2.28. The van der Waals surface area contributed by atoms with E-state index in [9.17, 15) is 9.90 Å². The number of carbonyl (C=O) groups is 1. The minimum absolute atomic E-state index is 0.199. The Morgan fingerprint density at radius 2 is 2.29 bits per heavy atom. The summed E-state index contributed by atoms with van der Waals surface area (Å²) in [5.74, 6) is -1.48. The third-order valence-corrected chi connectivity index (χ3v) is 2.28. The molecule has 2 fully saturated rings. The van der Waals surface area contributed by atoms with Crippen molar-refractivity contribution in [3.63, 3.8) is 0 Å². The summed E-state index contributed by atoms with van der Waals surface area (Å²) in [7, 11) is 0. The Hall–Kier alpha value is -0.650. The lowest BCUT2D eigenvalue weighted by molar-refractivity contribution is -0.220. The summed E-state index contributed by atoms with van der Waals surface area (Å²) >= 11 is 0. The van der Waals surface area contributed by atoms with Gasteiger partial charge in [0.1, 0.15) is 12.2 Å². The molecule has 2 aliphatic rings. The van der Waals surface area contributed by atoms with Gasteiger partial charge in [-0.15, -0.1) is 0 Å². The highest BCUT2D eigenvalue weighted by molar-refractivity contribution is 5.72. The molecule has 0 aromatic carbocycles. The number of aliphatic hydroxyl groups is 1. The van der Waals surface area contributed by atoms with Crippen molar-refractivity contribution in [2.75, 3.05) is 6.61 Å². The van der Waals surface area contributed by atoms with Gasteiger partial charge in [0.15, 0.2) is 11.9 Å². The van der Waals surface area contributed by atoms with Gasteiger partial charge in [-0.2, -0.15) is 0 Å². The fourth-order valence-corrected chi connectivity index (χ4v) is 1.81. The molecule has 1 N–H and O–H groups in total. The first-order valence-corrected chi connectivity index (χ1v) is 4.67. The monoisotopic (exact) mass is 202 g/mol. The molecule has 0 spiro atoms. The largest absolute Gasteiger partial charge is 0.457 e. The number of carbonyl (C=O) groups excluding carboxylic acids is 1. The van der Waals surface area contributed by atoms with Crippen molar-refractivity contribution in [1.29, 1.82) is 0 Å². The van der Waals surface area contributed by atoms with Crippen LogP contribution < -0.4 is 0 Å². The van der Waals surface area contributed by atoms with Crippen LogP contribution in [0.2, 0.25) is 0 Å². The molecule has 0 aliphatic carbocycles. The average molecular weight is 202 g/mol. The van der Waals surface area contributed by atoms with E-state index in [1.165, 1.54) is 13.8 Å². The summed E-state index contributed by atoms with van der Waals surface area (Å²) in [6.07, 6.45) is -0.619. The minimum Gasteiger partial charge on any atom is -0.457 e. The molecule has 0 aromatic heterocycles. The zero-order chi connectivity index (χ0) is 10.3. The van der Waals surface area contributed by atoms with Crippen LogP contribution in [0.1, 0.15) is 20.3 Å². The van der Waals surface area contributed by atoms with Gasteiger partial charge in [0.05, 0.1) is 13.0 Å². The summed E-state index contributed by atoms with van der Waals surface area (Å²) in [5, 5.41) is 9.45. The van der Waals surface area contributed by atoms with Crippen LogP contribution in [0.15, 0.2) is 0 Å². The van der Waals surface area contributed by atoms with Crippen molar-refractivity contribution in [3.8, 4) is 0 Å². The molecule has 5 heteroatoms. The lowest BCUT2D eigenvalue weighted by atomic mass is 10.1. The van der Waals surface area contributed by atoms with E-state index in [0.29, 0.717) is 6.61 Å². The Kier molecular flexibility index (Phi) is 2.25. The Balaban J connectivity index is 1.99. The van der Waals surface area contributed by atoms with E-state index in [1.54, 1.807) is 0 Å². The van der Waals surface area contributed by atoms with Crippen LogP contribution >= 0.6 is 0 Å². The molecule has 0 amide bonds. The number of rotatable bonds is 2. The second-order valence-corrected chi connectivity index (χ2v) is 4.13. The molecular weight excluding hydrogens is 188 g/mol. The molecule has 2 saturated heterocycles. The van der Waals surface area contributed by atoms with Gasteiger partial charge in [0, 0.05) is 0 Å². The molecule has 5 nitrogen and oxygen atoms in total. The summed E-state index contributed by atoms with van der Waals surface area (Å²) in [6, 6.07) is 0. The molecule has 3 unspecified atom stereocenters. The van der Waals surface area contributed by atoms with Crippen LogP contribution in [-0.2, 0) is 19.0 Å². The molecule has 0 saturated carbocycles. The quantitative estimate of drug-likeness (QED) is 0.497. The van der Waals surface area contributed by atoms with Crippen LogP contribution in [0.5, 0.6) is 0 Å². The Bertz CT molecular complexity index is 244. The third kappa shape index (κ3) is 1.89. The number of esters is 1. The maximum Gasteiger partial charge on any atom is 0.309 e. The predicted molar refractivity (Wildman–Crippen MR) is 45.4 cm³/mol. The van der Waals surface area contributed by atoms with Gasteiger partial charge in [0.25, 0.3) is 0 Å². The molecule has 14 heavy (non-hydrogen) atoms. The van der Waals surface area contributed by atoms with Gasteiger partial charge in [0.2, 0.25) is 0 Å². The first kappa shape index (κ1) is 9.89. The molecule has 80 valence electrons. The second-order valence-electron chi connectivity index (χ2n) is 4.13. The smallest absolute Gasteiger partial charge is 0.309 e. The van der Waals surface area contributed by atoms with Gasteiger partial charge in [-0.1, -0.05) is 0 Å². The van der Waals surface area contributed by atoms with Crippen molar-refractivity contribution in [2.45, 2.75) is 44.4 Å². The van der Waals surface area contributed by atoms with E-state index >= 15 is 0 Å². The average Bonchev–Trinajstić information content (AvgIpc) is 2.49. The maximum absolute atomic E-state index is 10.9. The summed E-state index contributed by atoms with van der Waals surface area (Å²) in [6.45, 7) is 3.45. The van der Waals surface area contributed by atoms with E-state index in [-0.39, 0.29) is 30.7 Å². The topological polar surface area (TPSA) is 65.0 Å². The highest BCUT2D eigenvalue weighted by atomic mass is 16.7. The number of hydrogen-bond acceptors (Lipinski definition) is 5. The van der Waals surface area contributed by atoms with Crippen molar-refractivity contribution in [1.82, 2.24) is 0 Å². The van der Waals surface area contributed by atoms with Gasteiger partial charge in [-0.25, -0.2) is 0 Å². The number of hydrogen-bond donors (Lipinski definition) is 1. The standard InChI is InChI=1S/C9H14O5/c1-9(2,11)14-6-4-12-5-3-7(10)13-8(5)6/h5-6,8,11H,3-4H2,1-2H3. The SMILES string of the molecule is CC(C)(O)OC1COC2CC(=O)OC21. The molecular formula is C9H14O5. The zero-order valence-electron chi connectivity index (χ0n) is 8.23. The predicted octanol–water partition coefficient (Wildman–Crippen LogP) is -0.186. The molecule has 0 bridgehead atoms. The van der Waals surface area contributed by atoms with Gasteiger partial charge < -0.3 is 19.3 Å². The van der Waals surface area contributed by atoms with Crippen molar-refractivity contribution < 1.29 is 24.1 Å². The van der Waals surface area contributed by atoms with Gasteiger partial charge in [-0.05, 0) is 13.8 Å². The Morgan fingerprint density at radius 3 is 2.93 bits per heavy atom. The van der Waals surface area contributed by atoms with E-state index in [1.807, 2.05) is 0 Å². The normalized spacial score (nSPS) is 37.1. The van der Waals surface area contributed by atoms with E-state index in [4.69, 9.17) is 14.2 Å². The lowest BCUT2D eigenvalue weighted by Crippen LogP contribution is -2.38. The fourth-order valence-electron chi connectivity index (χ4n) is 1.81. The van der Waals surface area contributed by atoms with Crippen molar-refractivity contribution >= 4 is 5.97 Å². The fraction of sp³-hybridized carbons (Fsp3) is 0.889. The van der Waals surface area contributed by atoms with Crippen molar-refractivity contribution in [2.24, 2.45) is 0 Å². The first-order chi connectivity index (χ1) is 6.46. The lowest BCUT2D eigenvalue weighted by Gasteiger charge is -2.25. The Morgan fingerprint density at radius 1 is 1.57 bits per heavy atom. The molecule has 0 radical (unpaired) electrons. The van der Waals surface area contributed by atoms with Crippen LogP contribution in [0, 0.1) is 0 Å². The molecule has 3 atom stereocenters. The first-order valence-electron chi connectivity index (χ1n) is 4.67.